The zero-order chi connectivity index (χ0) is 13.0. The van der Waals surface area contributed by atoms with E-state index in [-0.39, 0.29) is 11.8 Å². The Hall–Kier alpha value is -1.82. The molecule has 0 spiro atoms. The first-order valence-corrected chi connectivity index (χ1v) is 5.90. The first-order valence-electron chi connectivity index (χ1n) is 5.90. The smallest absolute Gasteiger partial charge is 0.273 e. The second-order valence-corrected chi connectivity index (χ2v) is 4.18. The summed E-state index contributed by atoms with van der Waals surface area (Å²) in [5.74, 6) is 0.951. The van der Waals surface area contributed by atoms with Gasteiger partial charge < -0.3 is 14.8 Å². The van der Waals surface area contributed by atoms with Gasteiger partial charge in [-0.3, -0.25) is 10.1 Å². The molecule has 0 amide bonds. The molecule has 0 aromatic heterocycles. The Kier molecular flexibility index (Phi) is 3.99. The van der Waals surface area contributed by atoms with E-state index in [1.807, 2.05) is 0 Å². The number of nitrogens with zero attached hydrogens (tertiary/aromatic N) is 1. The van der Waals surface area contributed by atoms with Crippen LogP contribution in [0.5, 0.6) is 11.5 Å². The topological polar surface area (TPSA) is 73.6 Å². The monoisotopic (exact) mass is 252 g/mol. The zero-order valence-electron chi connectivity index (χ0n) is 10.2. The molecule has 1 saturated heterocycles. The van der Waals surface area contributed by atoms with E-state index < -0.39 is 4.92 Å². The summed E-state index contributed by atoms with van der Waals surface area (Å²) < 4.78 is 10.9. The highest BCUT2D eigenvalue weighted by Crippen LogP contribution is 2.32. The second kappa shape index (κ2) is 5.68. The molecule has 0 bridgehead atoms. The van der Waals surface area contributed by atoms with Crippen LogP contribution in [0.2, 0.25) is 0 Å². The Morgan fingerprint density at radius 2 is 2.28 bits per heavy atom. The summed E-state index contributed by atoms with van der Waals surface area (Å²) in [5.41, 5.74) is 0.00886. The average molecular weight is 252 g/mol. The van der Waals surface area contributed by atoms with E-state index in [9.17, 15) is 10.1 Å². The van der Waals surface area contributed by atoms with Crippen molar-refractivity contribution in [1.29, 1.82) is 0 Å². The van der Waals surface area contributed by atoms with Gasteiger partial charge in [-0.1, -0.05) is 0 Å². The Balaban J connectivity index is 2.17. The number of rotatable bonds is 4. The van der Waals surface area contributed by atoms with E-state index in [2.05, 4.69) is 5.32 Å². The summed E-state index contributed by atoms with van der Waals surface area (Å²) in [7, 11) is 1.52. The summed E-state index contributed by atoms with van der Waals surface area (Å²) in [5, 5.41) is 14.0. The van der Waals surface area contributed by atoms with Crippen molar-refractivity contribution >= 4 is 5.69 Å². The van der Waals surface area contributed by atoms with Crippen LogP contribution in [0.1, 0.15) is 12.8 Å². The van der Waals surface area contributed by atoms with E-state index in [4.69, 9.17) is 9.47 Å². The van der Waals surface area contributed by atoms with Gasteiger partial charge in [-0.2, -0.15) is 0 Å². The van der Waals surface area contributed by atoms with Crippen LogP contribution in [0.25, 0.3) is 0 Å². The van der Waals surface area contributed by atoms with Gasteiger partial charge in [-0.25, -0.2) is 0 Å². The maximum absolute atomic E-state index is 10.7. The molecule has 1 aromatic rings. The van der Waals surface area contributed by atoms with Crippen LogP contribution >= 0.6 is 0 Å². The number of methoxy groups -OCH3 is 1. The first-order chi connectivity index (χ1) is 8.70. The number of nitro benzene ring substituents is 1. The summed E-state index contributed by atoms with van der Waals surface area (Å²) in [4.78, 5) is 10.3. The van der Waals surface area contributed by atoms with Crippen LogP contribution < -0.4 is 14.8 Å². The predicted octanol–water partition coefficient (Wildman–Crippen LogP) is 1.73. The quantitative estimate of drug-likeness (QED) is 0.652. The van der Waals surface area contributed by atoms with E-state index in [1.165, 1.54) is 19.2 Å². The van der Waals surface area contributed by atoms with Crippen molar-refractivity contribution in [3.8, 4) is 11.5 Å². The number of nitro groups is 1. The fourth-order valence-corrected chi connectivity index (χ4v) is 1.97. The summed E-state index contributed by atoms with van der Waals surface area (Å²) >= 11 is 0. The largest absolute Gasteiger partial charge is 0.493 e. The molecular weight excluding hydrogens is 236 g/mol. The standard InChI is InChI=1S/C12H16N2O4/c1-17-11-5-4-9(14(15)16)7-12(11)18-10-3-2-6-13-8-10/h4-5,7,10,13H,2-3,6,8H2,1H3. The number of ether oxygens (including phenoxy) is 2. The molecule has 1 aliphatic heterocycles. The molecule has 1 heterocycles. The summed E-state index contributed by atoms with van der Waals surface area (Å²) in [6.45, 7) is 1.75. The minimum Gasteiger partial charge on any atom is -0.493 e. The van der Waals surface area contributed by atoms with Crippen LogP contribution in [0.4, 0.5) is 5.69 Å². The van der Waals surface area contributed by atoms with Crippen molar-refractivity contribution in [3.05, 3.63) is 28.3 Å². The second-order valence-electron chi connectivity index (χ2n) is 4.18. The van der Waals surface area contributed by atoms with Gasteiger partial charge >= 0.3 is 0 Å². The van der Waals surface area contributed by atoms with Crippen molar-refractivity contribution < 1.29 is 14.4 Å². The van der Waals surface area contributed by atoms with Gasteiger partial charge in [0, 0.05) is 12.6 Å². The third-order valence-corrected chi connectivity index (χ3v) is 2.90. The molecule has 1 aliphatic rings. The van der Waals surface area contributed by atoms with Crippen molar-refractivity contribution in [3.63, 3.8) is 0 Å². The maximum atomic E-state index is 10.7. The van der Waals surface area contributed by atoms with Crippen molar-refractivity contribution in [2.45, 2.75) is 18.9 Å². The minimum absolute atomic E-state index is 0.00886. The van der Waals surface area contributed by atoms with Crippen molar-refractivity contribution in [2.24, 2.45) is 0 Å². The molecule has 6 nitrogen and oxygen atoms in total. The lowest BCUT2D eigenvalue weighted by Crippen LogP contribution is -2.37. The van der Waals surface area contributed by atoms with Crippen LogP contribution in [0.3, 0.4) is 0 Å². The molecule has 2 rings (SSSR count). The lowest BCUT2D eigenvalue weighted by molar-refractivity contribution is -0.385. The molecule has 1 atom stereocenters. The molecule has 1 N–H and O–H groups in total. The lowest BCUT2D eigenvalue weighted by Gasteiger charge is -2.24. The molecule has 0 aliphatic carbocycles. The Morgan fingerprint density at radius 3 is 2.89 bits per heavy atom. The highest BCUT2D eigenvalue weighted by molar-refractivity contribution is 5.48. The predicted molar refractivity (Wildman–Crippen MR) is 66.2 cm³/mol. The SMILES string of the molecule is COc1ccc([N+](=O)[O-])cc1OC1CCCNC1. The highest BCUT2D eigenvalue weighted by Gasteiger charge is 2.18. The highest BCUT2D eigenvalue weighted by atomic mass is 16.6. The Morgan fingerprint density at radius 1 is 1.44 bits per heavy atom. The van der Waals surface area contributed by atoms with Gasteiger partial charge in [0.1, 0.15) is 6.10 Å². The fourth-order valence-electron chi connectivity index (χ4n) is 1.97. The number of hydrogen-bond donors (Lipinski definition) is 1. The zero-order valence-corrected chi connectivity index (χ0v) is 10.2. The molecule has 1 fully saturated rings. The number of nitrogens with one attached hydrogen (secondary N) is 1. The fraction of sp³-hybridized carbons (Fsp3) is 0.500. The van der Waals surface area contributed by atoms with Gasteiger partial charge in [-0.05, 0) is 25.5 Å². The first kappa shape index (κ1) is 12.6. The molecule has 98 valence electrons. The van der Waals surface area contributed by atoms with Crippen LogP contribution in [0.15, 0.2) is 18.2 Å². The Labute approximate surface area is 105 Å². The van der Waals surface area contributed by atoms with E-state index in [1.54, 1.807) is 6.07 Å². The number of hydrogen-bond acceptors (Lipinski definition) is 5. The van der Waals surface area contributed by atoms with Crippen molar-refractivity contribution in [2.75, 3.05) is 20.2 Å². The van der Waals surface area contributed by atoms with Gasteiger partial charge in [0.25, 0.3) is 5.69 Å². The number of non-ortho nitro benzene ring substituents is 1. The van der Waals surface area contributed by atoms with Crippen LogP contribution in [0, 0.1) is 10.1 Å². The number of benzene rings is 1. The lowest BCUT2D eigenvalue weighted by atomic mass is 10.1. The molecule has 6 heteroatoms. The van der Waals surface area contributed by atoms with E-state index >= 15 is 0 Å². The summed E-state index contributed by atoms with van der Waals surface area (Å²) in [6.07, 6.45) is 2.02. The molecule has 0 radical (unpaired) electrons. The third-order valence-electron chi connectivity index (χ3n) is 2.90. The van der Waals surface area contributed by atoms with E-state index in [0.717, 1.165) is 25.9 Å². The third kappa shape index (κ3) is 2.89. The molecule has 1 aromatic carbocycles. The Bertz CT molecular complexity index is 430. The average Bonchev–Trinajstić information content (AvgIpc) is 2.39. The summed E-state index contributed by atoms with van der Waals surface area (Å²) in [6, 6.07) is 4.38. The minimum atomic E-state index is -0.439. The maximum Gasteiger partial charge on any atom is 0.273 e. The van der Waals surface area contributed by atoms with E-state index in [0.29, 0.717) is 11.5 Å². The van der Waals surface area contributed by atoms with Gasteiger partial charge in [0.05, 0.1) is 18.1 Å². The molecule has 18 heavy (non-hydrogen) atoms. The van der Waals surface area contributed by atoms with Crippen LogP contribution in [-0.2, 0) is 0 Å². The molecular formula is C12H16N2O4. The van der Waals surface area contributed by atoms with Gasteiger partial charge in [0.2, 0.25) is 0 Å². The van der Waals surface area contributed by atoms with Crippen LogP contribution in [-0.4, -0.2) is 31.2 Å². The normalized spacial score (nSPS) is 19.3. The van der Waals surface area contributed by atoms with Gasteiger partial charge in [0.15, 0.2) is 11.5 Å². The molecule has 1 unspecified atom stereocenters. The van der Waals surface area contributed by atoms with Gasteiger partial charge in [-0.15, -0.1) is 0 Å². The number of piperidine rings is 1. The molecule has 0 saturated carbocycles. The van der Waals surface area contributed by atoms with Crippen molar-refractivity contribution in [1.82, 2.24) is 5.32 Å².